The maximum atomic E-state index is 13.7. The first kappa shape index (κ1) is 100.0. The van der Waals surface area contributed by atoms with Gasteiger partial charge in [-0.05, 0) is 186 Å². The molecule has 3 saturated heterocycles. The number of methoxy groups -OCH3 is 2. The number of para-hydroxylation sites is 2. The van der Waals surface area contributed by atoms with E-state index in [0.29, 0.717) is 123 Å². The molecular formula is C80H120ClF6N12O15P. The third kappa shape index (κ3) is 32.1. The molecule has 0 spiro atoms. The summed E-state index contributed by atoms with van der Waals surface area (Å²) in [6, 6.07) is 23.0. The molecule has 0 bridgehead atoms. The summed E-state index contributed by atoms with van der Waals surface area (Å²) in [7, 11) is -4.02. The van der Waals surface area contributed by atoms with Crippen LogP contribution in [0.4, 0.5) is 34.8 Å². The molecule has 27 nitrogen and oxygen atoms in total. The number of halogens is 7. The Morgan fingerprint density at radius 1 is 0.704 bits per heavy atom. The fourth-order valence-corrected chi connectivity index (χ4v) is 13.6. The summed E-state index contributed by atoms with van der Waals surface area (Å²) >= 11 is 0. The second kappa shape index (κ2) is 43.1. The van der Waals surface area contributed by atoms with E-state index in [1.807, 2.05) is 95.8 Å². The number of fused-ring (bicyclic) bond motifs is 2. The van der Waals surface area contributed by atoms with Crippen molar-refractivity contribution in [3.63, 3.8) is 0 Å². The van der Waals surface area contributed by atoms with Crippen molar-refractivity contribution in [3.8, 4) is 17.6 Å². The molecule has 9 rings (SSSR count). The number of nitrogens with one attached hydrogen (secondary N) is 2. The van der Waals surface area contributed by atoms with E-state index in [2.05, 4.69) is 83.7 Å². The number of hydrogen-bond donors (Lipinski definition) is 4. The number of piperidine rings is 2. The number of nitrogens with zero attached hydrogens (tertiary/aromatic N) is 9. The number of hydrogen-bond acceptors (Lipinski definition) is 18. The zero-order valence-corrected chi connectivity index (χ0v) is 71.9. The van der Waals surface area contributed by atoms with Gasteiger partial charge in [-0.2, -0.15) is 5.26 Å². The van der Waals surface area contributed by atoms with Crippen LogP contribution in [0.5, 0.6) is 11.5 Å². The van der Waals surface area contributed by atoms with Gasteiger partial charge in [-0.3, -0.25) is 24.1 Å². The number of pyridine rings is 2. The second-order valence-corrected chi connectivity index (χ2v) is 32.5. The van der Waals surface area contributed by atoms with Crippen molar-refractivity contribution >= 4 is 83.7 Å². The summed E-state index contributed by atoms with van der Waals surface area (Å²) in [5, 5.41) is 23.6. The van der Waals surface area contributed by atoms with Crippen LogP contribution in [0.3, 0.4) is 0 Å². The van der Waals surface area contributed by atoms with Crippen LogP contribution in [0.15, 0.2) is 81.6 Å². The zero-order valence-electron chi connectivity index (χ0n) is 70.2. The molecule has 2 atom stereocenters. The number of ether oxygens (including phenoxy) is 6. The first-order chi connectivity index (χ1) is 52.9. The third-order valence-electron chi connectivity index (χ3n) is 18.9. The standard InChI is InChI=1S/C31H41N3O5.C21H28N2O4.C12H19N4O4.C8H12N2O2.C8H19N.ClH.F6P/c1-19-18-27(38-7)24(29(36)32-19)12-13-26(35)28-21(3)34(25-11-9-8-10-23(25)28)20(2)22-14-16-33(17-15-22)30(37)39-31(4,5)6;1-14(15-9-11-22(12-10-15)20(26)27-21(2,3)4)23-13-17(19(24)25)16-7-5-6-8-18(16)23;1-4-19-11(17)10(9-13)14-20-12(15(2)3)16-5-7-18-8-6-16;1-5-3-7(12-2)6(4-9)8(11)10-5;1-6-9(7(2)3)8(4)5;;1-7(2,3,4,5)6/h8-11,18,20,22H,12-17H2,1-7H3,(H,32,36);5-8,13-15H,9-12H2,1-4H3,(H,24,25);4-8H2,1-3H3;3H,4,9H2,1-2H3,(H,10,11);7-8H,6H2,1-5H3;1H;/q;;+1;;;;-1/b;;14-10+;;;;. The fourth-order valence-electron chi connectivity index (χ4n) is 13.6. The number of aromatic amines is 2. The number of aromatic nitrogens is 4. The molecule has 2 unspecified atom stereocenters. The van der Waals surface area contributed by atoms with Gasteiger partial charge in [0.1, 0.15) is 41.9 Å². The van der Waals surface area contributed by atoms with Gasteiger partial charge >= 0.3 is 63.1 Å². The number of benzene rings is 2. The van der Waals surface area contributed by atoms with E-state index < -0.39 is 36.7 Å². The number of carbonyl (C=O) groups excluding carboxylic acids is 4. The molecule has 6 aromatic rings. The van der Waals surface area contributed by atoms with Gasteiger partial charge in [-0.25, -0.2) is 28.7 Å². The quantitative estimate of drug-likeness (QED) is 0.00715. The molecule has 0 radical (unpaired) electrons. The maximum absolute atomic E-state index is 13.7. The summed E-state index contributed by atoms with van der Waals surface area (Å²) in [5.41, 5.74) is 10.0. The van der Waals surface area contributed by atoms with Crippen LogP contribution in [-0.4, -0.2) is 207 Å². The number of carboxylic acid groups (broad SMARTS) is 1. The summed E-state index contributed by atoms with van der Waals surface area (Å²) in [6.45, 7) is 40.7. The normalized spacial score (nSPS) is 15.3. The average Bonchev–Trinajstić information content (AvgIpc) is 1.54. The molecule has 644 valence electrons. The molecule has 3 aliphatic rings. The van der Waals surface area contributed by atoms with Crippen molar-refractivity contribution < 1.29 is 92.1 Å². The van der Waals surface area contributed by atoms with Crippen LogP contribution < -0.4 is 26.3 Å². The molecular weight excluding hydrogens is 1550 g/mol. The number of morpholine rings is 1. The number of aromatic carboxylic acids is 1. The number of H-pyrrole nitrogens is 2. The Hall–Kier alpha value is -9.22. The SMILES string of the molecule is CC(C1CCN(C(=O)OC(C)(C)C)CC1)n1cc(C(=O)O)c2ccccc21.CCN(C(C)C)C(C)C.CCOC(=O)/C(C#N)=N/OC(N1CCOCC1)=[N+](C)C.COc1cc(C)[nH]c(=O)c1CCC(=O)c1c(C)n(C(C)C2CCN(C(=O)OC(C)(C)C)CC2)c2ccccc12.COc1cc(C)[nH]c(=O)c1CN.Cl.F[P-](F)(F)(F)(F)F. The summed E-state index contributed by atoms with van der Waals surface area (Å²) in [4.78, 5) is 104. The van der Waals surface area contributed by atoms with Crippen molar-refractivity contribution in [2.24, 2.45) is 22.7 Å². The molecule has 2 amide bonds. The van der Waals surface area contributed by atoms with E-state index in [4.69, 9.17) is 44.3 Å². The molecule has 5 N–H and O–H groups in total. The predicted octanol–water partition coefficient (Wildman–Crippen LogP) is 16.0. The molecule has 2 aromatic carbocycles. The number of rotatable bonds is 18. The average molecular weight is 1670 g/mol. The van der Waals surface area contributed by atoms with E-state index in [9.17, 15) is 63.8 Å². The number of ketones is 1. The molecule has 3 fully saturated rings. The number of oxime groups is 1. The van der Waals surface area contributed by atoms with Gasteiger partial charge < -0.3 is 68.2 Å². The van der Waals surface area contributed by atoms with Crippen LogP contribution in [0, 0.1) is 43.9 Å². The van der Waals surface area contributed by atoms with Crippen molar-refractivity contribution in [3.05, 3.63) is 127 Å². The number of carboxylic acids is 1. The number of carbonyl (C=O) groups is 5. The number of amides is 2. The van der Waals surface area contributed by atoms with Crippen molar-refractivity contribution in [1.82, 2.24) is 38.7 Å². The number of nitrogens with two attached hydrogens (primary N) is 1. The van der Waals surface area contributed by atoms with Crippen molar-refractivity contribution in [2.45, 2.75) is 198 Å². The third-order valence-corrected chi connectivity index (χ3v) is 18.9. The number of Topliss-reactive ketones (excluding diaryl/α,β-unsaturated/α-hetero) is 1. The van der Waals surface area contributed by atoms with Gasteiger partial charge in [0, 0.05) is 114 Å². The van der Waals surface area contributed by atoms with Gasteiger partial charge in [0.05, 0.1) is 64.8 Å². The number of esters is 1. The molecule has 7 heterocycles. The molecule has 4 aromatic heterocycles. The van der Waals surface area contributed by atoms with E-state index in [1.54, 1.807) is 73.6 Å². The van der Waals surface area contributed by atoms with E-state index in [1.165, 1.54) is 14.2 Å². The van der Waals surface area contributed by atoms with Gasteiger partial charge in [0.2, 0.25) is 0 Å². The van der Waals surface area contributed by atoms with E-state index >= 15 is 0 Å². The minimum absolute atomic E-state index is 0. The van der Waals surface area contributed by atoms with Crippen LogP contribution in [-0.2, 0) is 41.5 Å². The Bertz CT molecular complexity index is 4450. The Kier molecular flexibility index (Phi) is 37.5. The number of amidine groups is 1. The molecule has 0 saturated carbocycles. The van der Waals surface area contributed by atoms with E-state index in [0.717, 1.165) is 71.1 Å². The first-order valence-electron chi connectivity index (χ1n) is 38.1. The summed E-state index contributed by atoms with van der Waals surface area (Å²) < 4.78 is 96.7. The summed E-state index contributed by atoms with van der Waals surface area (Å²) in [5.74, 6) is 0.106. The van der Waals surface area contributed by atoms with Crippen LogP contribution >= 0.6 is 20.2 Å². The van der Waals surface area contributed by atoms with Gasteiger partial charge in [0.15, 0.2) is 5.78 Å². The molecule has 3 aliphatic heterocycles. The van der Waals surface area contributed by atoms with Crippen LogP contribution in [0.25, 0.3) is 21.8 Å². The van der Waals surface area contributed by atoms with Crippen LogP contribution in [0.1, 0.15) is 190 Å². The first-order valence-corrected chi connectivity index (χ1v) is 40.1. The van der Waals surface area contributed by atoms with Gasteiger partial charge in [-0.15, -0.1) is 12.4 Å². The van der Waals surface area contributed by atoms with Crippen molar-refractivity contribution in [2.75, 3.05) is 93.9 Å². The van der Waals surface area contributed by atoms with Crippen molar-refractivity contribution in [1.29, 1.82) is 5.26 Å². The van der Waals surface area contributed by atoms with Gasteiger partial charge in [0.25, 0.3) is 16.8 Å². The Balaban J connectivity index is 0.000000392. The Labute approximate surface area is 676 Å². The molecule has 115 heavy (non-hydrogen) atoms. The Morgan fingerprint density at radius 2 is 1.15 bits per heavy atom. The topological polar surface area (TPSA) is 324 Å². The number of nitriles is 1. The second-order valence-electron chi connectivity index (χ2n) is 30.6. The minimum atomic E-state index is -10.7. The summed E-state index contributed by atoms with van der Waals surface area (Å²) in [6.07, 6.45) is 5.22. The molecule has 35 heteroatoms. The van der Waals surface area contributed by atoms with Crippen LogP contribution in [0.2, 0.25) is 0 Å². The number of aryl methyl sites for hydroxylation is 2. The van der Waals surface area contributed by atoms with E-state index in [-0.39, 0.29) is 73.2 Å². The monoisotopic (exact) mass is 1670 g/mol. The number of likely N-dealkylation sites (tertiary alicyclic amines) is 2. The zero-order chi connectivity index (χ0) is 86.2. The van der Waals surface area contributed by atoms with Gasteiger partial charge in [-0.1, -0.05) is 48.5 Å². The Morgan fingerprint density at radius 3 is 1.56 bits per heavy atom. The fraction of sp³-hybridized carbons (Fsp3) is 0.575. The predicted molar refractivity (Wildman–Crippen MR) is 437 cm³/mol. The molecule has 0 aliphatic carbocycles.